The van der Waals surface area contributed by atoms with Gasteiger partial charge in [0.05, 0.1) is 0 Å². The second kappa shape index (κ2) is 9.59. The molecule has 0 bridgehead atoms. The summed E-state index contributed by atoms with van der Waals surface area (Å²) in [6, 6.07) is 29.7. The van der Waals surface area contributed by atoms with Gasteiger partial charge in [-0.3, -0.25) is 0 Å². The lowest BCUT2D eigenvalue weighted by molar-refractivity contribution is 0.362. The third-order valence-corrected chi connectivity index (χ3v) is 4.56. The Labute approximate surface area is 162 Å². The minimum Gasteiger partial charge on any atom is -0.490 e. The number of ether oxygens (including phenoxy) is 1. The largest absolute Gasteiger partial charge is 0.490 e. The zero-order valence-corrected chi connectivity index (χ0v) is 16.1. The summed E-state index contributed by atoms with van der Waals surface area (Å²) < 4.78 is 5.76. The van der Waals surface area contributed by atoms with Gasteiger partial charge in [-0.25, -0.2) is 0 Å². The molecule has 0 atom stereocenters. The summed E-state index contributed by atoms with van der Waals surface area (Å²) in [5, 5.41) is 0. The second-order valence-electron chi connectivity index (χ2n) is 6.34. The number of allylic oxidation sites excluding steroid dienone is 2. The van der Waals surface area contributed by atoms with Crippen molar-refractivity contribution >= 4 is 11.1 Å². The van der Waals surface area contributed by atoms with Crippen molar-refractivity contribution in [2.75, 3.05) is 6.61 Å². The maximum Gasteiger partial charge on any atom is 0.119 e. The van der Waals surface area contributed by atoms with Crippen molar-refractivity contribution in [2.45, 2.75) is 20.3 Å². The van der Waals surface area contributed by atoms with Crippen LogP contribution < -0.4 is 4.74 Å². The van der Waals surface area contributed by atoms with Crippen molar-refractivity contribution in [1.29, 1.82) is 0 Å². The molecule has 0 fully saturated rings. The fraction of sp³-hybridized carbons (Fsp3) is 0.154. The highest BCUT2D eigenvalue weighted by molar-refractivity contribution is 5.98. The summed E-state index contributed by atoms with van der Waals surface area (Å²) >= 11 is 0. The topological polar surface area (TPSA) is 9.23 Å². The van der Waals surface area contributed by atoms with Crippen molar-refractivity contribution in [3.63, 3.8) is 0 Å². The van der Waals surface area contributed by atoms with Gasteiger partial charge in [0.2, 0.25) is 0 Å². The molecule has 0 aliphatic rings. The van der Waals surface area contributed by atoms with E-state index in [9.17, 15) is 0 Å². The SMILES string of the molecule is CC=CCOc1ccc(C(=C(CC)c2ccccc2)c2ccccc2)cc1. The molecule has 0 spiro atoms. The molecule has 0 saturated heterocycles. The van der Waals surface area contributed by atoms with E-state index in [1.54, 1.807) is 0 Å². The summed E-state index contributed by atoms with van der Waals surface area (Å²) in [6.45, 7) is 4.82. The second-order valence-corrected chi connectivity index (χ2v) is 6.34. The molecule has 0 heterocycles. The van der Waals surface area contributed by atoms with Crippen LogP contribution in [-0.4, -0.2) is 6.61 Å². The van der Waals surface area contributed by atoms with Gasteiger partial charge in [0.25, 0.3) is 0 Å². The van der Waals surface area contributed by atoms with Crippen molar-refractivity contribution in [2.24, 2.45) is 0 Å². The molecule has 0 radical (unpaired) electrons. The third kappa shape index (κ3) is 4.77. The van der Waals surface area contributed by atoms with Gasteiger partial charge in [0, 0.05) is 0 Å². The van der Waals surface area contributed by atoms with Crippen LogP contribution in [0.25, 0.3) is 11.1 Å². The standard InChI is InChI=1S/C26H26O/c1-3-5-20-27-24-18-16-23(17-19-24)26(22-14-10-7-11-15-22)25(4-2)21-12-8-6-9-13-21/h3,5-19H,4,20H2,1-2H3. The number of rotatable bonds is 7. The zero-order chi connectivity index (χ0) is 18.9. The summed E-state index contributed by atoms with van der Waals surface area (Å²) in [4.78, 5) is 0. The first kappa shape index (κ1) is 18.7. The van der Waals surface area contributed by atoms with Crippen LogP contribution in [-0.2, 0) is 0 Å². The lowest BCUT2D eigenvalue weighted by atomic mass is 9.88. The first-order chi connectivity index (χ1) is 13.3. The molecule has 3 aromatic rings. The van der Waals surface area contributed by atoms with Gasteiger partial charge in [-0.05, 0) is 53.3 Å². The molecule has 3 aromatic carbocycles. The molecule has 1 heteroatoms. The molecule has 136 valence electrons. The highest BCUT2D eigenvalue weighted by atomic mass is 16.5. The molecule has 27 heavy (non-hydrogen) atoms. The van der Waals surface area contributed by atoms with Gasteiger partial charge >= 0.3 is 0 Å². The first-order valence-corrected chi connectivity index (χ1v) is 9.52. The number of benzene rings is 3. The van der Waals surface area contributed by atoms with Crippen LogP contribution in [0.3, 0.4) is 0 Å². The lowest BCUT2D eigenvalue weighted by Gasteiger charge is -2.16. The predicted octanol–water partition coefficient (Wildman–Crippen LogP) is 7.01. The van der Waals surface area contributed by atoms with E-state index in [-0.39, 0.29) is 0 Å². The number of hydrogen-bond donors (Lipinski definition) is 0. The van der Waals surface area contributed by atoms with Gasteiger partial charge in [-0.1, -0.05) is 91.9 Å². The van der Waals surface area contributed by atoms with Gasteiger partial charge in [0.1, 0.15) is 12.4 Å². The first-order valence-electron chi connectivity index (χ1n) is 9.52. The molecule has 0 aliphatic carbocycles. The van der Waals surface area contributed by atoms with Crippen molar-refractivity contribution in [3.8, 4) is 5.75 Å². The van der Waals surface area contributed by atoms with Crippen LogP contribution in [0.5, 0.6) is 5.75 Å². The summed E-state index contributed by atoms with van der Waals surface area (Å²) in [5.41, 5.74) is 6.35. The molecule has 1 nitrogen and oxygen atoms in total. The fourth-order valence-corrected chi connectivity index (χ4v) is 3.24. The van der Waals surface area contributed by atoms with Gasteiger partial charge < -0.3 is 4.74 Å². The van der Waals surface area contributed by atoms with Gasteiger partial charge in [-0.2, -0.15) is 0 Å². The Kier molecular flexibility index (Phi) is 6.65. The van der Waals surface area contributed by atoms with E-state index in [0.29, 0.717) is 6.61 Å². The number of hydrogen-bond acceptors (Lipinski definition) is 1. The van der Waals surface area contributed by atoms with E-state index in [0.717, 1.165) is 12.2 Å². The molecule has 0 aromatic heterocycles. The Hall–Kier alpha value is -3.06. The average Bonchev–Trinajstić information content (AvgIpc) is 2.74. The highest BCUT2D eigenvalue weighted by Crippen LogP contribution is 2.34. The molecule has 0 amide bonds. The van der Waals surface area contributed by atoms with E-state index in [1.807, 2.05) is 19.1 Å². The van der Waals surface area contributed by atoms with E-state index in [2.05, 4.69) is 91.9 Å². The van der Waals surface area contributed by atoms with Crippen LogP contribution in [0.4, 0.5) is 0 Å². The monoisotopic (exact) mass is 354 g/mol. The average molecular weight is 354 g/mol. The van der Waals surface area contributed by atoms with Crippen molar-refractivity contribution < 1.29 is 4.74 Å². The molecular formula is C26H26O. The van der Waals surface area contributed by atoms with Gasteiger partial charge in [-0.15, -0.1) is 0 Å². The maximum absolute atomic E-state index is 5.76. The molecule has 0 aliphatic heterocycles. The Bertz CT molecular complexity index is 888. The van der Waals surface area contributed by atoms with E-state index in [4.69, 9.17) is 4.74 Å². The van der Waals surface area contributed by atoms with E-state index < -0.39 is 0 Å². The van der Waals surface area contributed by atoms with Gasteiger partial charge in [0.15, 0.2) is 0 Å². The summed E-state index contributed by atoms with van der Waals surface area (Å²) in [6.07, 6.45) is 4.97. The smallest absolute Gasteiger partial charge is 0.119 e. The van der Waals surface area contributed by atoms with Crippen LogP contribution in [0.1, 0.15) is 37.0 Å². The third-order valence-electron chi connectivity index (χ3n) is 4.56. The Morgan fingerprint density at radius 1 is 0.741 bits per heavy atom. The maximum atomic E-state index is 5.76. The molecule has 0 unspecified atom stereocenters. The lowest BCUT2D eigenvalue weighted by Crippen LogP contribution is -1.96. The Balaban J connectivity index is 2.07. The van der Waals surface area contributed by atoms with E-state index >= 15 is 0 Å². The quantitative estimate of drug-likeness (QED) is 0.327. The molecular weight excluding hydrogens is 328 g/mol. The minimum absolute atomic E-state index is 0.599. The van der Waals surface area contributed by atoms with Crippen molar-refractivity contribution in [3.05, 3.63) is 114 Å². The highest BCUT2D eigenvalue weighted by Gasteiger charge is 2.12. The molecule has 3 rings (SSSR count). The van der Waals surface area contributed by atoms with Crippen LogP contribution >= 0.6 is 0 Å². The fourth-order valence-electron chi connectivity index (χ4n) is 3.24. The molecule has 0 N–H and O–H groups in total. The minimum atomic E-state index is 0.599. The van der Waals surface area contributed by atoms with Crippen molar-refractivity contribution in [1.82, 2.24) is 0 Å². The zero-order valence-electron chi connectivity index (χ0n) is 16.1. The predicted molar refractivity (Wildman–Crippen MR) is 116 cm³/mol. The normalized spacial score (nSPS) is 12.1. The van der Waals surface area contributed by atoms with Crippen LogP contribution in [0, 0.1) is 0 Å². The van der Waals surface area contributed by atoms with Crippen LogP contribution in [0.2, 0.25) is 0 Å². The Morgan fingerprint density at radius 2 is 1.30 bits per heavy atom. The van der Waals surface area contributed by atoms with E-state index in [1.165, 1.54) is 27.8 Å². The molecule has 0 saturated carbocycles. The van der Waals surface area contributed by atoms with Crippen LogP contribution in [0.15, 0.2) is 97.1 Å². The Morgan fingerprint density at radius 3 is 1.85 bits per heavy atom. The summed E-state index contributed by atoms with van der Waals surface area (Å²) in [5.74, 6) is 0.891. The summed E-state index contributed by atoms with van der Waals surface area (Å²) in [7, 11) is 0.